The summed E-state index contributed by atoms with van der Waals surface area (Å²) in [4.78, 5) is 4.92. The molecule has 1 N–H and O–H groups in total. The summed E-state index contributed by atoms with van der Waals surface area (Å²) in [5, 5.41) is 2.97. The molecule has 1 aromatic heterocycles. The Balaban J connectivity index is 3.07. The summed E-state index contributed by atoms with van der Waals surface area (Å²) in [5.41, 5.74) is 1.72. The molecule has 1 heterocycles. The molecule has 62 valence electrons. The van der Waals surface area contributed by atoms with Gasteiger partial charge in [-0.15, -0.1) is 0 Å². The number of hydrogen-bond donors (Lipinski definition) is 1. The molecule has 0 atom stereocenters. The molecule has 1 rings (SSSR count). The molecule has 0 spiro atoms. The van der Waals surface area contributed by atoms with Crippen LogP contribution in [-0.2, 0) is 0 Å². The van der Waals surface area contributed by atoms with Crippen LogP contribution in [0.3, 0.4) is 0 Å². The number of aromatic nitrogens is 1. The Hall–Kier alpha value is -1.22. The Labute approximate surface area is 77.3 Å². The fourth-order valence-electron chi connectivity index (χ4n) is 0.912. The van der Waals surface area contributed by atoms with E-state index in [0.29, 0.717) is 0 Å². The monoisotopic (exact) mass is 178 g/mol. The summed E-state index contributed by atoms with van der Waals surface area (Å²) in [6.07, 6.45) is 3.33. The second-order valence-corrected chi connectivity index (χ2v) is 2.92. The molecule has 0 bridgehead atoms. The van der Waals surface area contributed by atoms with Crippen LogP contribution in [0.4, 0.5) is 5.69 Å². The SMILES string of the molecule is C=CNc1cccnc1C(C)=S. The third-order valence-electron chi connectivity index (χ3n) is 1.40. The highest BCUT2D eigenvalue weighted by Gasteiger charge is 2.01. The lowest BCUT2D eigenvalue weighted by Gasteiger charge is -2.05. The minimum atomic E-state index is 0.778. The lowest BCUT2D eigenvalue weighted by atomic mass is 10.2. The predicted molar refractivity (Wildman–Crippen MR) is 55.4 cm³/mol. The van der Waals surface area contributed by atoms with Gasteiger partial charge in [-0.05, 0) is 25.3 Å². The molecule has 0 radical (unpaired) electrons. The normalized spacial score (nSPS) is 9.08. The second-order valence-electron chi connectivity index (χ2n) is 2.30. The minimum absolute atomic E-state index is 0.778. The van der Waals surface area contributed by atoms with Crippen LogP contribution < -0.4 is 5.32 Å². The third kappa shape index (κ3) is 1.89. The standard InChI is InChI=1S/C9H10N2S/c1-3-10-8-5-4-6-11-9(8)7(2)12/h3-6,10H,1H2,2H3. The van der Waals surface area contributed by atoms with Gasteiger partial charge in [0.25, 0.3) is 0 Å². The van der Waals surface area contributed by atoms with E-state index in [4.69, 9.17) is 12.2 Å². The highest BCUT2D eigenvalue weighted by atomic mass is 32.1. The lowest BCUT2D eigenvalue weighted by Crippen LogP contribution is -2.00. The molecule has 0 aromatic carbocycles. The van der Waals surface area contributed by atoms with Gasteiger partial charge >= 0.3 is 0 Å². The Morgan fingerprint density at radius 3 is 3.08 bits per heavy atom. The lowest BCUT2D eigenvalue weighted by molar-refractivity contribution is 1.29. The Bertz CT molecular complexity index is 307. The van der Waals surface area contributed by atoms with Gasteiger partial charge in [-0.1, -0.05) is 18.8 Å². The second kappa shape index (κ2) is 3.97. The van der Waals surface area contributed by atoms with Crippen molar-refractivity contribution in [3.63, 3.8) is 0 Å². The third-order valence-corrected chi connectivity index (χ3v) is 1.59. The Kier molecular flexibility index (Phi) is 2.94. The molecule has 0 amide bonds. The first-order valence-corrected chi connectivity index (χ1v) is 4.00. The average Bonchev–Trinajstić information content (AvgIpc) is 2.05. The summed E-state index contributed by atoms with van der Waals surface area (Å²) in [6.45, 7) is 5.43. The van der Waals surface area contributed by atoms with E-state index in [1.54, 1.807) is 12.4 Å². The van der Waals surface area contributed by atoms with Crippen LogP contribution in [0.5, 0.6) is 0 Å². The molecular weight excluding hydrogens is 168 g/mol. The van der Waals surface area contributed by atoms with Crippen LogP contribution in [0.15, 0.2) is 31.1 Å². The molecule has 0 saturated carbocycles. The van der Waals surface area contributed by atoms with Gasteiger partial charge in [0.05, 0.1) is 5.69 Å². The molecule has 0 unspecified atom stereocenters. The number of anilines is 1. The quantitative estimate of drug-likeness (QED) is 0.568. The summed E-state index contributed by atoms with van der Waals surface area (Å²) in [6, 6.07) is 3.77. The summed E-state index contributed by atoms with van der Waals surface area (Å²) in [7, 11) is 0. The topological polar surface area (TPSA) is 24.9 Å². The van der Waals surface area contributed by atoms with Crippen molar-refractivity contribution in [1.29, 1.82) is 0 Å². The average molecular weight is 178 g/mol. The number of pyridine rings is 1. The maximum atomic E-state index is 5.03. The minimum Gasteiger partial charge on any atom is -0.361 e. The highest BCUT2D eigenvalue weighted by molar-refractivity contribution is 7.80. The molecule has 0 fully saturated rings. The van der Waals surface area contributed by atoms with Crippen molar-refractivity contribution in [1.82, 2.24) is 4.98 Å². The molecular formula is C9H10N2S. The molecule has 3 heteroatoms. The van der Waals surface area contributed by atoms with E-state index in [1.165, 1.54) is 0 Å². The van der Waals surface area contributed by atoms with E-state index in [0.717, 1.165) is 16.2 Å². The van der Waals surface area contributed by atoms with E-state index >= 15 is 0 Å². The number of nitrogens with one attached hydrogen (secondary N) is 1. The molecule has 0 aliphatic carbocycles. The maximum Gasteiger partial charge on any atom is 0.100 e. The number of hydrogen-bond acceptors (Lipinski definition) is 3. The summed E-state index contributed by atoms with van der Waals surface area (Å²) < 4.78 is 0. The van der Waals surface area contributed by atoms with E-state index in [2.05, 4.69) is 16.9 Å². The first-order chi connectivity index (χ1) is 5.75. The van der Waals surface area contributed by atoms with E-state index < -0.39 is 0 Å². The van der Waals surface area contributed by atoms with Crippen molar-refractivity contribution in [2.45, 2.75) is 6.92 Å². The first-order valence-electron chi connectivity index (χ1n) is 3.59. The summed E-state index contributed by atoms with van der Waals surface area (Å²) >= 11 is 5.03. The fourth-order valence-corrected chi connectivity index (χ4v) is 1.07. The van der Waals surface area contributed by atoms with Crippen molar-refractivity contribution < 1.29 is 0 Å². The highest BCUT2D eigenvalue weighted by Crippen LogP contribution is 2.12. The van der Waals surface area contributed by atoms with Crippen LogP contribution in [0, 0.1) is 0 Å². The Morgan fingerprint density at radius 2 is 2.50 bits per heavy atom. The largest absolute Gasteiger partial charge is 0.361 e. The molecule has 1 aromatic rings. The zero-order valence-corrected chi connectivity index (χ0v) is 7.69. The smallest absolute Gasteiger partial charge is 0.100 e. The predicted octanol–water partition coefficient (Wildman–Crippen LogP) is 2.37. The van der Waals surface area contributed by atoms with Gasteiger partial charge in [0.2, 0.25) is 0 Å². The molecule has 12 heavy (non-hydrogen) atoms. The fraction of sp³-hybridized carbons (Fsp3) is 0.111. The number of rotatable bonds is 3. The first kappa shape index (κ1) is 8.87. The van der Waals surface area contributed by atoms with Crippen molar-refractivity contribution in [2.24, 2.45) is 0 Å². The zero-order chi connectivity index (χ0) is 8.97. The van der Waals surface area contributed by atoms with Gasteiger partial charge in [0, 0.05) is 11.1 Å². The van der Waals surface area contributed by atoms with Gasteiger partial charge in [-0.3, -0.25) is 4.98 Å². The zero-order valence-electron chi connectivity index (χ0n) is 6.87. The Morgan fingerprint density at radius 1 is 1.75 bits per heavy atom. The van der Waals surface area contributed by atoms with Gasteiger partial charge in [0.15, 0.2) is 0 Å². The number of nitrogens with zero attached hydrogens (tertiary/aromatic N) is 1. The van der Waals surface area contributed by atoms with Crippen LogP contribution in [0.2, 0.25) is 0 Å². The van der Waals surface area contributed by atoms with Gasteiger partial charge in [0.1, 0.15) is 5.69 Å². The van der Waals surface area contributed by atoms with Crippen LogP contribution >= 0.6 is 12.2 Å². The molecule has 0 aliphatic heterocycles. The van der Waals surface area contributed by atoms with Gasteiger partial charge in [-0.25, -0.2) is 0 Å². The van der Waals surface area contributed by atoms with Crippen molar-refractivity contribution in [3.05, 3.63) is 36.8 Å². The van der Waals surface area contributed by atoms with Gasteiger partial charge in [-0.2, -0.15) is 0 Å². The van der Waals surface area contributed by atoms with E-state index in [-0.39, 0.29) is 0 Å². The molecule has 0 aliphatic rings. The van der Waals surface area contributed by atoms with E-state index in [1.807, 2.05) is 19.1 Å². The van der Waals surface area contributed by atoms with Gasteiger partial charge < -0.3 is 5.32 Å². The van der Waals surface area contributed by atoms with Crippen LogP contribution in [0.1, 0.15) is 12.6 Å². The van der Waals surface area contributed by atoms with E-state index in [9.17, 15) is 0 Å². The van der Waals surface area contributed by atoms with Crippen LogP contribution in [-0.4, -0.2) is 9.85 Å². The summed E-state index contributed by atoms with van der Waals surface area (Å²) in [5.74, 6) is 0. The van der Waals surface area contributed by atoms with Crippen LogP contribution in [0.25, 0.3) is 0 Å². The molecule has 0 saturated heterocycles. The maximum absolute atomic E-state index is 5.03. The molecule has 2 nitrogen and oxygen atoms in total. The van der Waals surface area contributed by atoms with Crippen molar-refractivity contribution in [2.75, 3.05) is 5.32 Å². The van der Waals surface area contributed by atoms with Crippen molar-refractivity contribution in [3.8, 4) is 0 Å². The van der Waals surface area contributed by atoms with Crippen molar-refractivity contribution >= 4 is 22.8 Å². The number of thiocarbonyl (C=S) groups is 1.